The van der Waals surface area contributed by atoms with E-state index in [2.05, 4.69) is 31.9 Å². The van der Waals surface area contributed by atoms with Crippen molar-refractivity contribution in [3.63, 3.8) is 0 Å². The van der Waals surface area contributed by atoms with Crippen LogP contribution in [-0.4, -0.2) is 17.4 Å². The van der Waals surface area contributed by atoms with Gasteiger partial charge in [0.15, 0.2) is 0 Å². The Labute approximate surface area is 121 Å². The molecule has 0 amide bonds. The maximum absolute atomic E-state index is 13.3. The van der Waals surface area contributed by atoms with E-state index in [1.54, 1.807) is 13.0 Å². The third-order valence-corrected chi connectivity index (χ3v) is 5.01. The molecule has 0 saturated carbocycles. The first-order chi connectivity index (χ1) is 7.97. The second-order valence-corrected chi connectivity index (χ2v) is 5.61. The molecule has 0 aliphatic rings. The molecule has 0 aromatic heterocycles. The molecular weight excluding hydrogens is 378 g/mol. The summed E-state index contributed by atoms with van der Waals surface area (Å²) in [5.74, 6) is -0.915. The third kappa shape index (κ3) is 3.93. The predicted octanol–water partition coefficient (Wildman–Crippen LogP) is 4.24. The van der Waals surface area contributed by atoms with E-state index in [1.807, 2.05) is 0 Å². The Balaban J connectivity index is 2.84. The van der Waals surface area contributed by atoms with Crippen LogP contribution in [0.5, 0.6) is 0 Å². The van der Waals surface area contributed by atoms with E-state index in [4.69, 9.17) is 16.3 Å². The van der Waals surface area contributed by atoms with Gasteiger partial charge < -0.3 is 4.74 Å². The smallest absolute Gasteiger partial charge is 0.321 e. The second-order valence-electron chi connectivity index (χ2n) is 3.23. The molecule has 0 N–H and O–H groups in total. The first kappa shape index (κ1) is 14.9. The van der Waals surface area contributed by atoms with Gasteiger partial charge in [0.1, 0.15) is 10.6 Å². The second kappa shape index (κ2) is 6.71. The third-order valence-electron chi connectivity index (χ3n) is 2.03. The largest absolute Gasteiger partial charge is 0.465 e. The Bertz CT molecular complexity index is 414. The predicted molar refractivity (Wildman–Crippen MR) is 72.4 cm³/mol. The van der Waals surface area contributed by atoms with Crippen LogP contribution in [0.25, 0.3) is 0 Å². The molecule has 94 valence electrons. The number of halogens is 4. The summed E-state index contributed by atoms with van der Waals surface area (Å²) in [6, 6.07) is 4.39. The van der Waals surface area contributed by atoms with Gasteiger partial charge in [-0.25, -0.2) is 4.39 Å². The van der Waals surface area contributed by atoms with Crippen molar-refractivity contribution in [2.24, 2.45) is 0 Å². The number of hydrogen-bond donors (Lipinski definition) is 0. The number of carbonyl (C=O) groups is 1. The van der Waals surface area contributed by atoms with Crippen molar-refractivity contribution >= 4 is 49.4 Å². The van der Waals surface area contributed by atoms with E-state index >= 15 is 0 Å². The molecule has 1 rings (SSSR count). The van der Waals surface area contributed by atoms with Crippen LogP contribution >= 0.6 is 43.5 Å². The Morgan fingerprint density at radius 3 is 2.71 bits per heavy atom. The van der Waals surface area contributed by atoms with E-state index in [0.717, 1.165) is 0 Å². The van der Waals surface area contributed by atoms with Crippen molar-refractivity contribution < 1.29 is 13.9 Å². The summed E-state index contributed by atoms with van der Waals surface area (Å²) >= 11 is 12.1. The number of alkyl halides is 2. The van der Waals surface area contributed by atoms with Crippen molar-refractivity contribution in [1.82, 2.24) is 0 Å². The molecule has 2 nitrogen and oxygen atoms in total. The van der Waals surface area contributed by atoms with E-state index in [9.17, 15) is 9.18 Å². The van der Waals surface area contributed by atoms with E-state index in [0.29, 0.717) is 12.2 Å². The monoisotopic (exact) mass is 386 g/mol. The molecule has 17 heavy (non-hydrogen) atoms. The van der Waals surface area contributed by atoms with Crippen LogP contribution in [-0.2, 0) is 9.53 Å². The average Bonchev–Trinajstić information content (AvgIpc) is 2.31. The van der Waals surface area contributed by atoms with Gasteiger partial charge in [0, 0.05) is 0 Å². The first-order valence-corrected chi connectivity index (χ1v) is 7.08. The highest BCUT2D eigenvalue weighted by atomic mass is 79.9. The van der Waals surface area contributed by atoms with Crippen LogP contribution < -0.4 is 0 Å². The van der Waals surface area contributed by atoms with E-state index in [-0.39, 0.29) is 9.85 Å². The molecule has 0 fully saturated rings. The Kier molecular flexibility index (Phi) is 5.89. The van der Waals surface area contributed by atoms with Gasteiger partial charge in [-0.1, -0.05) is 49.5 Å². The van der Waals surface area contributed by atoms with Gasteiger partial charge in [-0.15, -0.1) is 0 Å². The van der Waals surface area contributed by atoms with Gasteiger partial charge >= 0.3 is 5.97 Å². The van der Waals surface area contributed by atoms with Crippen LogP contribution in [0.1, 0.15) is 17.3 Å². The SMILES string of the molecule is CCOC(=O)C(Br)C(Br)c1ccc(Cl)c(F)c1. The lowest BCUT2D eigenvalue weighted by atomic mass is 10.1. The summed E-state index contributed by atoms with van der Waals surface area (Å²) in [5.41, 5.74) is 0.613. The lowest BCUT2D eigenvalue weighted by molar-refractivity contribution is -0.142. The highest BCUT2D eigenvalue weighted by molar-refractivity contribution is 9.12. The Morgan fingerprint density at radius 2 is 2.18 bits per heavy atom. The van der Waals surface area contributed by atoms with E-state index in [1.165, 1.54) is 12.1 Å². The molecule has 6 heteroatoms. The lowest BCUT2D eigenvalue weighted by Gasteiger charge is -2.16. The highest BCUT2D eigenvalue weighted by Gasteiger charge is 2.26. The zero-order valence-corrected chi connectivity index (χ0v) is 12.9. The van der Waals surface area contributed by atoms with Gasteiger partial charge in [0.05, 0.1) is 16.5 Å². The molecule has 1 aromatic carbocycles. The molecule has 0 bridgehead atoms. The normalized spacial score (nSPS) is 14.2. The zero-order valence-electron chi connectivity index (χ0n) is 8.92. The minimum Gasteiger partial charge on any atom is -0.465 e. The molecule has 1 aromatic rings. The minimum absolute atomic E-state index is 0.0516. The maximum atomic E-state index is 13.3. The van der Waals surface area contributed by atoms with Gasteiger partial charge in [0.2, 0.25) is 0 Å². The summed E-state index contributed by atoms with van der Waals surface area (Å²) in [6.07, 6.45) is 0. The van der Waals surface area contributed by atoms with Gasteiger partial charge in [-0.05, 0) is 24.6 Å². The fourth-order valence-electron chi connectivity index (χ4n) is 1.19. The van der Waals surface area contributed by atoms with Gasteiger partial charge in [0.25, 0.3) is 0 Å². The number of esters is 1. The van der Waals surface area contributed by atoms with Crippen LogP contribution in [0, 0.1) is 5.82 Å². The average molecular weight is 388 g/mol. The number of carbonyl (C=O) groups excluding carboxylic acids is 1. The fourth-order valence-corrected chi connectivity index (χ4v) is 2.25. The topological polar surface area (TPSA) is 26.3 Å². The molecule has 2 unspecified atom stereocenters. The van der Waals surface area contributed by atoms with E-state index < -0.39 is 16.6 Å². The molecule has 2 atom stereocenters. The summed E-state index contributed by atoms with van der Waals surface area (Å²) in [6.45, 7) is 2.03. The molecule has 0 radical (unpaired) electrons. The number of ether oxygens (including phenoxy) is 1. The summed E-state index contributed by atoms with van der Waals surface area (Å²) in [4.78, 5) is 10.5. The summed E-state index contributed by atoms with van der Waals surface area (Å²) in [7, 11) is 0. The lowest BCUT2D eigenvalue weighted by Crippen LogP contribution is -2.21. The maximum Gasteiger partial charge on any atom is 0.321 e. The van der Waals surface area contributed by atoms with Crippen molar-refractivity contribution in [2.45, 2.75) is 16.6 Å². The van der Waals surface area contributed by atoms with Crippen LogP contribution in [0.2, 0.25) is 5.02 Å². The fraction of sp³-hybridized carbons (Fsp3) is 0.364. The first-order valence-electron chi connectivity index (χ1n) is 4.87. The summed E-state index contributed by atoms with van der Waals surface area (Å²) < 4.78 is 18.1. The van der Waals surface area contributed by atoms with Crippen LogP contribution in [0.4, 0.5) is 4.39 Å². The van der Waals surface area contributed by atoms with Crippen molar-refractivity contribution in [3.8, 4) is 0 Å². The Morgan fingerprint density at radius 1 is 1.53 bits per heavy atom. The molecular formula is C11H10Br2ClFO2. The molecule has 0 spiro atoms. The van der Waals surface area contributed by atoms with Crippen molar-refractivity contribution in [3.05, 3.63) is 34.6 Å². The minimum atomic E-state index is -0.581. The zero-order chi connectivity index (χ0) is 13.0. The summed E-state index contributed by atoms with van der Waals surface area (Å²) in [5, 5.41) is 0.0516. The molecule has 0 aliphatic heterocycles. The van der Waals surface area contributed by atoms with Crippen molar-refractivity contribution in [2.75, 3.05) is 6.61 Å². The van der Waals surface area contributed by atoms with Crippen LogP contribution in [0.3, 0.4) is 0 Å². The number of benzene rings is 1. The molecule has 0 saturated heterocycles. The number of rotatable bonds is 4. The highest BCUT2D eigenvalue weighted by Crippen LogP contribution is 2.33. The van der Waals surface area contributed by atoms with Crippen LogP contribution in [0.15, 0.2) is 18.2 Å². The number of hydrogen-bond acceptors (Lipinski definition) is 2. The van der Waals surface area contributed by atoms with Gasteiger partial charge in [-0.2, -0.15) is 0 Å². The molecule has 0 aliphatic carbocycles. The molecule has 0 heterocycles. The quantitative estimate of drug-likeness (QED) is 0.570. The Hall–Kier alpha value is -0.130. The van der Waals surface area contributed by atoms with Gasteiger partial charge in [-0.3, -0.25) is 4.79 Å². The standard InChI is InChI=1S/C11H10Br2ClFO2/c1-2-17-11(16)10(13)9(12)6-3-4-7(14)8(15)5-6/h3-5,9-10H,2H2,1H3. The van der Waals surface area contributed by atoms with Crippen molar-refractivity contribution in [1.29, 1.82) is 0 Å².